The van der Waals surface area contributed by atoms with Crippen molar-refractivity contribution in [2.45, 2.75) is 64.9 Å². The molecule has 2 heterocycles. The third-order valence-electron chi connectivity index (χ3n) is 5.97. The second-order valence-corrected chi connectivity index (χ2v) is 10.3. The van der Waals surface area contributed by atoms with Crippen LogP contribution in [0, 0.1) is 18.7 Å². The van der Waals surface area contributed by atoms with Crippen LogP contribution in [0.15, 0.2) is 24.3 Å². The highest BCUT2D eigenvalue weighted by Gasteiger charge is 2.26. The molecule has 0 atom stereocenters. The molecule has 2 aromatic heterocycles. The Hall–Kier alpha value is -2.38. The van der Waals surface area contributed by atoms with Crippen molar-refractivity contribution >= 4 is 33.1 Å². The Morgan fingerprint density at radius 2 is 1.87 bits per heavy atom. The number of anilines is 1. The molecule has 7 heteroatoms. The molecule has 1 aliphatic rings. The number of aromatic nitrogens is 2. The van der Waals surface area contributed by atoms with Gasteiger partial charge in [0.25, 0.3) is 5.91 Å². The fourth-order valence-electron chi connectivity index (χ4n) is 4.21. The number of halogens is 1. The lowest BCUT2D eigenvalue weighted by molar-refractivity contribution is 0.0794. The van der Waals surface area contributed by atoms with Crippen LogP contribution in [-0.4, -0.2) is 21.0 Å². The quantitative estimate of drug-likeness (QED) is 0.528. The predicted molar refractivity (Wildman–Crippen MR) is 122 cm³/mol. The lowest BCUT2D eigenvalue weighted by Gasteiger charge is -2.24. The first-order valence-corrected chi connectivity index (χ1v) is 11.5. The molecule has 1 aromatic carbocycles. The number of pyridine rings is 1. The summed E-state index contributed by atoms with van der Waals surface area (Å²) in [6.07, 6.45) is 4.73. The summed E-state index contributed by atoms with van der Waals surface area (Å²) in [7, 11) is 0. The number of rotatable bonds is 4. The number of carbonyl (C=O) groups excluding carboxylic acids is 1. The molecule has 2 N–H and O–H groups in total. The average molecular weight is 442 g/mol. The Labute approximate surface area is 185 Å². The summed E-state index contributed by atoms with van der Waals surface area (Å²) in [5.41, 5.74) is 1.12. The molecule has 0 aliphatic heterocycles. The Morgan fingerprint density at radius 3 is 2.52 bits per heavy atom. The molecule has 0 bridgehead atoms. The summed E-state index contributed by atoms with van der Waals surface area (Å²) in [4.78, 5) is 21.8. The van der Waals surface area contributed by atoms with Crippen LogP contribution in [0.2, 0.25) is 0 Å². The molecular formula is C24H28FN3O2S. The first kappa shape index (κ1) is 21.8. The summed E-state index contributed by atoms with van der Waals surface area (Å²) in [5, 5.41) is 14.7. The number of carbonyl (C=O) groups is 1. The SMILES string of the molecule is Cc1cc(F)cc(C(=O)Nc2cc3sc([C@H]4CC[C@H](C)CC4)nc3cc2C(C)(C)O)n1. The monoisotopic (exact) mass is 441 g/mol. The van der Waals surface area contributed by atoms with Gasteiger partial charge in [0, 0.05) is 28.9 Å². The van der Waals surface area contributed by atoms with Crippen molar-refractivity contribution in [3.8, 4) is 0 Å². The zero-order valence-corrected chi connectivity index (χ0v) is 19.1. The Balaban J connectivity index is 1.70. The number of hydrogen-bond acceptors (Lipinski definition) is 5. The van der Waals surface area contributed by atoms with Gasteiger partial charge >= 0.3 is 0 Å². The largest absolute Gasteiger partial charge is 0.386 e. The van der Waals surface area contributed by atoms with Crippen LogP contribution in [0.25, 0.3) is 10.2 Å². The zero-order chi connectivity index (χ0) is 22.3. The van der Waals surface area contributed by atoms with E-state index in [1.807, 2.05) is 12.1 Å². The van der Waals surface area contributed by atoms with Gasteiger partial charge in [-0.05, 0) is 57.7 Å². The van der Waals surface area contributed by atoms with Crippen LogP contribution < -0.4 is 5.32 Å². The lowest BCUT2D eigenvalue weighted by atomic mass is 9.83. The number of aliphatic hydroxyl groups is 1. The minimum Gasteiger partial charge on any atom is -0.386 e. The summed E-state index contributed by atoms with van der Waals surface area (Å²) in [5.74, 6) is 0.217. The van der Waals surface area contributed by atoms with Crippen LogP contribution in [0.5, 0.6) is 0 Å². The third kappa shape index (κ3) is 4.77. The second kappa shape index (κ2) is 8.28. The highest BCUT2D eigenvalue weighted by Crippen LogP contribution is 2.41. The van der Waals surface area contributed by atoms with Gasteiger partial charge in [0.15, 0.2) is 0 Å². The van der Waals surface area contributed by atoms with E-state index in [9.17, 15) is 14.3 Å². The first-order chi connectivity index (χ1) is 14.6. The van der Waals surface area contributed by atoms with Gasteiger partial charge in [-0.3, -0.25) is 4.79 Å². The van der Waals surface area contributed by atoms with E-state index in [-0.39, 0.29) is 5.69 Å². The summed E-state index contributed by atoms with van der Waals surface area (Å²) >= 11 is 1.65. The smallest absolute Gasteiger partial charge is 0.274 e. The van der Waals surface area contributed by atoms with E-state index in [4.69, 9.17) is 4.98 Å². The third-order valence-corrected chi connectivity index (χ3v) is 7.15. The number of aryl methyl sites for hydroxylation is 1. The first-order valence-electron chi connectivity index (χ1n) is 10.7. The van der Waals surface area contributed by atoms with Crippen LogP contribution in [0.1, 0.15) is 79.1 Å². The molecule has 31 heavy (non-hydrogen) atoms. The van der Waals surface area contributed by atoms with Gasteiger partial charge in [0.05, 0.1) is 20.8 Å². The minimum absolute atomic E-state index is 0.000567. The standard InChI is InChI=1S/C24H28FN3O2S/c1-13-5-7-15(8-6-13)23-28-19-11-17(24(3,4)30)18(12-21(19)31-23)27-22(29)20-10-16(25)9-14(2)26-20/h9-13,15,30H,5-8H2,1-4H3,(H,27,29)/t13-,15-. The molecule has 4 rings (SSSR count). The van der Waals surface area contributed by atoms with Gasteiger partial charge < -0.3 is 10.4 Å². The van der Waals surface area contributed by atoms with E-state index in [1.54, 1.807) is 32.1 Å². The maximum absolute atomic E-state index is 13.7. The Kier molecular flexibility index (Phi) is 5.83. The number of benzene rings is 1. The number of nitrogens with zero attached hydrogens (tertiary/aromatic N) is 2. The zero-order valence-electron chi connectivity index (χ0n) is 18.3. The number of amides is 1. The van der Waals surface area contributed by atoms with Crippen LogP contribution in [-0.2, 0) is 5.60 Å². The number of fused-ring (bicyclic) bond motifs is 1. The summed E-state index contributed by atoms with van der Waals surface area (Å²) < 4.78 is 14.7. The minimum atomic E-state index is -1.19. The van der Waals surface area contributed by atoms with Crippen molar-refractivity contribution in [2.75, 3.05) is 5.32 Å². The van der Waals surface area contributed by atoms with E-state index in [1.165, 1.54) is 18.9 Å². The highest BCUT2D eigenvalue weighted by atomic mass is 32.1. The molecule has 0 unspecified atom stereocenters. The molecule has 1 aliphatic carbocycles. The van der Waals surface area contributed by atoms with Crippen LogP contribution in [0.4, 0.5) is 10.1 Å². The van der Waals surface area contributed by atoms with E-state index in [2.05, 4.69) is 17.2 Å². The van der Waals surface area contributed by atoms with Gasteiger partial charge in [-0.1, -0.05) is 19.8 Å². The van der Waals surface area contributed by atoms with Gasteiger partial charge in [-0.25, -0.2) is 14.4 Å². The molecule has 1 fully saturated rings. The average Bonchev–Trinajstić information content (AvgIpc) is 3.09. The summed E-state index contributed by atoms with van der Waals surface area (Å²) in [6, 6.07) is 6.09. The Morgan fingerprint density at radius 1 is 1.16 bits per heavy atom. The molecule has 164 valence electrons. The number of hydrogen-bond donors (Lipinski definition) is 2. The van der Waals surface area contributed by atoms with Crippen molar-refractivity contribution in [3.05, 3.63) is 52.0 Å². The topological polar surface area (TPSA) is 75.1 Å². The normalized spacial score (nSPS) is 19.5. The van der Waals surface area contributed by atoms with E-state index >= 15 is 0 Å². The van der Waals surface area contributed by atoms with Crippen molar-refractivity contribution in [1.82, 2.24) is 9.97 Å². The van der Waals surface area contributed by atoms with Crippen molar-refractivity contribution < 1.29 is 14.3 Å². The van der Waals surface area contributed by atoms with Gasteiger partial charge in [-0.15, -0.1) is 11.3 Å². The number of nitrogens with one attached hydrogen (secondary N) is 1. The molecule has 0 spiro atoms. The van der Waals surface area contributed by atoms with E-state index in [0.29, 0.717) is 22.9 Å². The van der Waals surface area contributed by atoms with E-state index in [0.717, 1.165) is 40.1 Å². The molecular weight excluding hydrogens is 413 g/mol. The van der Waals surface area contributed by atoms with Gasteiger partial charge in [0.2, 0.25) is 0 Å². The lowest BCUT2D eigenvalue weighted by Crippen LogP contribution is -2.21. The van der Waals surface area contributed by atoms with E-state index < -0.39 is 17.3 Å². The van der Waals surface area contributed by atoms with Crippen molar-refractivity contribution in [3.63, 3.8) is 0 Å². The van der Waals surface area contributed by atoms with Gasteiger partial charge in [0.1, 0.15) is 11.5 Å². The maximum Gasteiger partial charge on any atom is 0.274 e. The molecule has 1 saturated carbocycles. The van der Waals surface area contributed by atoms with Crippen LogP contribution in [0.3, 0.4) is 0 Å². The Bertz CT molecular complexity index is 1110. The second-order valence-electron chi connectivity index (χ2n) is 9.20. The maximum atomic E-state index is 13.7. The fraction of sp³-hybridized carbons (Fsp3) is 0.458. The van der Waals surface area contributed by atoms with Gasteiger partial charge in [-0.2, -0.15) is 0 Å². The fourth-order valence-corrected chi connectivity index (χ4v) is 5.37. The predicted octanol–water partition coefficient (Wildman–Crippen LogP) is 5.91. The molecule has 5 nitrogen and oxygen atoms in total. The van der Waals surface area contributed by atoms with Crippen molar-refractivity contribution in [1.29, 1.82) is 0 Å². The van der Waals surface area contributed by atoms with Crippen molar-refractivity contribution in [2.24, 2.45) is 5.92 Å². The molecule has 3 aromatic rings. The summed E-state index contributed by atoms with van der Waals surface area (Å²) in [6.45, 7) is 7.28. The molecule has 0 radical (unpaired) electrons. The van der Waals surface area contributed by atoms with Crippen LogP contribution >= 0.6 is 11.3 Å². The number of thiazole rings is 1. The molecule has 1 amide bonds. The molecule has 0 saturated heterocycles. The highest BCUT2D eigenvalue weighted by molar-refractivity contribution is 7.18.